The van der Waals surface area contributed by atoms with E-state index in [-0.39, 0.29) is 6.03 Å². The van der Waals surface area contributed by atoms with Crippen molar-refractivity contribution in [2.24, 2.45) is 0 Å². The van der Waals surface area contributed by atoms with E-state index in [0.29, 0.717) is 18.1 Å². The molecule has 3 rings (SSSR count). The second-order valence-corrected chi connectivity index (χ2v) is 6.06. The molecule has 7 nitrogen and oxygen atoms in total. The van der Waals surface area contributed by atoms with Crippen molar-refractivity contribution in [3.05, 3.63) is 36.2 Å². The van der Waals surface area contributed by atoms with Gasteiger partial charge in [-0.05, 0) is 31.5 Å². The van der Waals surface area contributed by atoms with E-state index >= 15 is 0 Å². The van der Waals surface area contributed by atoms with E-state index in [0.717, 1.165) is 50.5 Å². The number of urea groups is 1. The van der Waals surface area contributed by atoms with Crippen LogP contribution in [-0.2, 0) is 4.74 Å². The van der Waals surface area contributed by atoms with E-state index in [1.165, 1.54) is 0 Å². The first-order valence-electron chi connectivity index (χ1n) is 8.58. The Morgan fingerprint density at radius 1 is 1.32 bits per heavy atom. The molecule has 0 atom stereocenters. The Morgan fingerprint density at radius 3 is 3.08 bits per heavy atom. The SMILES string of the molecule is Cc1coc(-c2cccc(NC(=O)NCCN3CCCOCC3)c2)n1. The predicted octanol–water partition coefficient (Wildman–Crippen LogP) is 2.49. The number of aryl methyl sites for hydroxylation is 1. The fraction of sp³-hybridized carbons (Fsp3) is 0.444. The molecule has 0 unspecified atom stereocenters. The van der Waals surface area contributed by atoms with Gasteiger partial charge in [0.1, 0.15) is 6.26 Å². The Labute approximate surface area is 147 Å². The highest BCUT2D eigenvalue weighted by Gasteiger charge is 2.10. The van der Waals surface area contributed by atoms with Crippen LogP contribution in [0.1, 0.15) is 12.1 Å². The van der Waals surface area contributed by atoms with E-state index in [2.05, 4.69) is 20.5 Å². The normalized spacial score (nSPS) is 15.6. The molecule has 1 aromatic carbocycles. The van der Waals surface area contributed by atoms with Gasteiger partial charge in [-0.2, -0.15) is 0 Å². The van der Waals surface area contributed by atoms with Gasteiger partial charge in [-0.1, -0.05) is 6.07 Å². The number of nitrogens with zero attached hydrogens (tertiary/aromatic N) is 2. The average Bonchev–Trinajstić information content (AvgIpc) is 2.87. The summed E-state index contributed by atoms with van der Waals surface area (Å²) in [5.41, 5.74) is 2.36. The molecule has 2 heterocycles. The van der Waals surface area contributed by atoms with Crippen molar-refractivity contribution in [1.29, 1.82) is 0 Å². The second-order valence-electron chi connectivity index (χ2n) is 6.06. The highest BCUT2D eigenvalue weighted by Crippen LogP contribution is 2.21. The zero-order chi connectivity index (χ0) is 17.5. The minimum absolute atomic E-state index is 0.216. The molecule has 1 saturated heterocycles. The summed E-state index contributed by atoms with van der Waals surface area (Å²) in [5.74, 6) is 0.546. The van der Waals surface area contributed by atoms with Crippen LogP contribution in [0, 0.1) is 6.92 Å². The van der Waals surface area contributed by atoms with Gasteiger partial charge in [0.25, 0.3) is 0 Å². The standard InChI is InChI=1S/C18H24N4O3/c1-14-13-25-17(20-14)15-4-2-5-16(12-15)21-18(23)19-6-8-22-7-3-10-24-11-9-22/h2,4-5,12-13H,3,6-11H2,1H3,(H2,19,21,23). The Balaban J connectivity index is 1.47. The maximum Gasteiger partial charge on any atom is 0.319 e. The smallest absolute Gasteiger partial charge is 0.319 e. The molecule has 1 aromatic heterocycles. The number of oxazole rings is 1. The van der Waals surface area contributed by atoms with Crippen molar-refractivity contribution in [2.75, 3.05) is 44.7 Å². The fourth-order valence-electron chi connectivity index (χ4n) is 2.74. The summed E-state index contributed by atoms with van der Waals surface area (Å²) in [7, 11) is 0. The van der Waals surface area contributed by atoms with Crippen LogP contribution in [0.2, 0.25) is 0 Å². The van der Waals surface area contributed by atoms with Gasteiger partial charge in [0.2, 0.25) is 5.89 Å². The zero-order valence-electron chi connectivity index (χ0n) is 14.5. The molecule has 1 fully saturated rings. The summed E-state index contributed by atoms with van der Waals surface area (Å²) in [6.07, 6.45) is 2.65. The van der Waals surface area contributed by atoms with E-state index in [4.69, 9.17) is 9.15 Å². The Hall–Kier alpha value is -2.38. The van der Waals surface area contributed by atoms with Gasteiger partial charge < -0.3 is 19.8 Å². The number of aromatic nitrogens is 1. The highest BCUT2D eigenvalue weighted by molar-refractivity contribution is 5.89. The summed E-state index contributed by atoms with van der Waals surface area (Å²) >= 11 is 0. The first-order chi connectivity index (χ1) is 12.2. The molecule has 0 aliphatic carbocycles. The van der Waals surface area contributed by atoms with Crippen LogP contribution in [0.3, 0.4) is 0 Å². The largest absolute Gasteiger partial charge is 0.444 e. The number of rotatable bonds is 5. The third kappa shape index (κ3) is 5.30. The Morgan fingerprint density at radius 2 is 2.24 bits per heavy atom. The summed E-state index contributed by atoms with van der Waals surface area (Å²) in [6, 6.07) is 7.23. The number of anilines is 1. The lowest BCUT2D eigenvalue weighted by Gasteiger charge is -2.19. The molecular weight excluding hydrogens is 320 g/mol. The maximum absolute atomic E-state index is 12.1. The van der Waals surface area contributed by atoms with Gasteiger partial charge in [0, 0.05) is 44.0 Å². The lowest BCUT2D eigenvalue weighted by atomic mass is 10.2. The van der Waals surface area contributed by atoms with Gasteiger partial charge in [0.15, 0.2) is 0 Å². The number of carbonyl (C=O) groups excluding carboxylic acids is 1. The van der Waals surface area contributed by atoms with Crippen LogP contribution < -0.4 is 10.6 Å². The number of nitrogens with one attached hydrogen (secondary N) is 2. The lowest BCUT2D eigenvalue weighted by molar-refractivity contribution is 0.141. The van der Waals surface area contributed by atoms with Crippen molar-refractivity contribution >= 4 is 11.7 Å². The Bertz CT molecular complexity index is 693. The molecule has 2 aromatic rings. The number of hydrogen-bond donors (Lipinski definition) is 2. The van der Waals surface area contributed by atoms with Crippen LogP contribution >= 0.6 is 0 Å². The van der Waals surface area contributed by atoms with Crippen molar-refractivity contribution in [1.82, 2.24) is 15.2 Å². The van der Waals surface area contributed by atoms with Gasteiger partial charge in [-0.25, -0.2) is 9.78 Å². The molecule has 0 radical (unpaired) electrons. The maximum atomic E-state index is 12.1. The lowest BCUT2D eigenvalue weighted by Crippen LogP contribution is -2.37. The fourth-order valence-corrected chi connectivity index (χ4v) is 2.74. The number of amides is 2. The second kappa shape index (κ2) is 8.64. The molecule has 1 aliphatic heterocycles. The van der Waals surface area contributed by atoms with Crippen molar-refractivity contribution in [3.63, 3.8) is 0 Å². The molecule has 0 saturated carbocycles. The molecule has 2 N–H and O–H groups in total. The van der Waals surface area contributed by atoms with Crippen LogP contribution in [-0.4, -0.2) is 55.3 Å². The van der Waals surface area contributed by atoms with Crippen molar-refractivity contribution in [3.8, 4) is 11.5 Å². The number of benzene rings is 1. The van der Waals surface area contributed by atoms with Gasteiger partial charge in [-0.3, -0.25) is 4.90 Å². The monoisotopic (exact) mass is 344 g/mol. The third-order valence-electron chi connectivity index (χ3n) is 4.01. The van der Waals surface area contributed by atoms with Gasteiger partial charge in [0.05, 0.1) is 12.3 Å². The van der Waals surface area contributed by atoms with E-state index in [9.17, 15) is 4.79 Å². The minimum atomic E-state index is -0.216. The summed E-state index contributed by atoms with van der Waals surface area (Å²) < 4.78 is 10.8. The van der Waals surface area contributed by atoms with Crippen LogP contribution in [0.5, 0.6) is 0 Å². The van der Waals surface area contributed by atoms with E-state index in [1.807, 2.05) is 31.2 Å². The Kier molecular flexibility index (Phi) is 6.03. The van der Waals surface area contributed by atoms with Crippen LogP contribution in [0.4, 0.5) is 10.5 Å². The number of carbonyl (C=O) groups is 1. The quantitative estimate of drug-likeness (QED) is 0.871. The first-order valence-corrected chi connectivity index (χ1v) is 8.58. The molecule has 25 heavy (non-hydrogen) atoms. The summed E-state index contributed by atoms with van der Waals surface area (Å²) in [6.45, 7) is 6.82. The topological polar surface area (TPSA) is 79.6 Å². The molecule has 0 spiro atoms. The molecular formula is C18H24N4O3. The van der Waals surface area contributed by atoms with Gasteiger partial charge >= 0.3 is 6.03 Å². The summed E-state index contributed by atoms with van der Waals surface area (Å²) in [4.78, 5) is 18.7. The van der Waals surface area contributed by atoms with Crippen molar-refractivity contribution in [2.45, 2.75) is 13.3 Å². The minimum Gasteiger partial charge on any atom is -0.444 e. The molecule has 0 bridgehead atoms. The van der Waals surface area contributed by atoms with Crippen LogP contribution in [0.25, 0.3) is 11.5 Å². The first kappa shape index (κ1) is 17.4. The predicted molar refractivity (Wildman–Crippen MR) is 95.6 cm³/mol. The third-order valence-corrected chi connectivity index (χ3v) is 4.01. The number of ether oxygens (including phenoxy) is 1. The summed E-state index contributed by atoms with van der Waals surface area (Å²) in [5, 5.41) is 5.74. The average molecular weight is 344 g/mol. The van der Waals surface area contributed by atoms with Crippen molar-refractivity contribution < 1.29 is 13.9 Å². The molecule has 134 valence electrons. The van der Waals surface area contributed by atoms with E-state index < -0.39 is 0 Å². The molecule has 2 amide bonds. The van der Waals surface area contributed by atoms with Crippen LogP contribution in [0.15, 0.2) is 34.9 Å². The molecule has 1 aliphatic rings. The van der Waals surface area contributed by atoms with Gasteiger partial charge in [-0.15, -0.1) is 0 Å². The van der Waals surface area contributed by atoms with E-state index in [1.54, 1.807) is 6.26 Å². The highest BCUT2D eigenvalue weighted by atomic mass is 16.5. The molecule has 7 heteroatoms. The number of hydrogen-bond acceptors (Lipinski definition) is 5. The zero-order valence-corrected chi connectivity index (χ0v) is 14.5.